The van der Waals surface area contributed by atoms with Gasteiger partial charge < -0.3 is 67.8 Å². The van der Waals surface area contributed by atoms with Crippen LogP contribution in [0.3, 0.4) is 0 Å². The van der Waals surface area contributed by atoms with Crippen LogP contribution in [0, 0.1) is 0 Å². The van der Waals surface area contributed by atoms with Crippen LogP contribution < -0.4 is 47.9 Å². The number of fused-ring (bicyclic) bond motifs is 24. The first-order valence-corrected chi connectivity index (χ1v) is 42.2. The normalized spacial score (nSPS) is 12.6. The van der Waals surface area contributed by atoms with Crippen molar-refractivity contribution >= 4 is 87.2 Å². The number of benzene rings is 16. The molecule has 41 heteroatoms. The number of hydrogen-bond acceptors (Lipinski definition) is 14. The molecule has 0 unspecified atom stereocenters. The molecule has 8 bridgehead atoms. The summed E-state index contributed by atoms with van der Waals surface area (Å²) >= 11 is 0. The van der Waals surface area contributed by atoms with Crippen molar-refractivity contribution < 1.29 is 163 Å². The molecule has 5 heterocycles. The molecule has 0 N–H and O–H groups in total. The van der Waals surface area contributed by atoms with Crippen molar-refractivity contribution in [2.45, 2.75) is 49.4 Å². The van der Waals surface area contributed by atoms with Crippen LogP contribution in [0.1, 0.15) is 44.5 Å². The molecule has 0 amide bonds. The third-order valence-corrected chi connectivity index (χ3v) is 22.9. The number of halogens is 24. The Labute approximate surface area is 808 Å². The maximum absolute atomic E-state index is 14.5. The van der Waals surface area contributed by atoms with Crippen LogP contribution in [0.25, 0.3) is 133 Å². The zero-order chi connectivity index (χ0) is 101. The molecule has 2 aliphatic rings. The van der Waals surface area contributed by atoms with Crippen molar-refractivity contribution in [3.63, 3.8) is 0 Å². The fourth-order valence-electron chi connectivity index (χ4n) is 16.2. The van der Waals surface area contributed by atoms with Gasteiger partial charge in [0.25, 0.3) is 0 Å². The Kier molecular flexibility index (Phi) is 23.4. The van der Waals surface area contributed by atoms with Gasteiger partial charge in [-0.05, 0) is 307 Å². The fraction of sp³-hybridized carbons (Fsp3) is 0.0769. The Hall–Kier alpha value is -16.7. The predicted octanol–water partition coefficient (Wildman–Crippen LogP) is 33.2. The Bertz CT molecular complexity index is 7730. The average molecular weight is 2060 g/mol. The van der Waals surface area contributed by atoms with Gasteiger partial charge in [0.2, 0.25) is 0 Å². The van der Waals surface area contributed by atoms with E-state index in [1.807, 2.05) is 0 Å². The van der Waals surface area contributed by atoms with Crippen molar-refractivity contribution in [3.05, 3.63) is 336 Å². The van der Waals surface area contributed by atoms with E-state index in [1.165, 1.54) is 97.1 Å². The second kappa shape index (κ2) is 35.4. The van der Waals surface area contributed by atoms with Crippen LogP contribution in [0.2, 0.25) is 0 Å². The first kappa shape index (κ1) is 95.8. The molecule has 16 nitrogen and oxygen atoms in total. The van der Waals surface area contributed by atoms with Gasteiger partial charge in [-0.2, -0.15) is 105 Å². The number of hydrogen-bond donors (Lipinski definition) is 0. The predicted molar refractivity (Wildman–Crippen MR) is 476 cm³/mol. The molecule has 722 valence electrons. The zero-order valence-electron chi connectivity index (χ0n) is 72.3. The van der Waals surface area contributed by atoms with Gasteiger partial charge in [0.1, 0.15) is 46.0 Å². The maximum atomic E-state index is 14.5. The fourth-order valence-corrected chi connectivity index (χ4v) is 16.2. The van der Waals surface area contributed by atoms with Crippen molar-refractivity contribution in [3.8, 4) is 138 Å². The molecule has 0 radical (unpaired) electrons. The molecule has 2 aliphatic heterocycles. The van der Waals surface area contributed by atoms with Crippen molar-refractivity contribution in [1.29, 1.82) is 0 Å². The van der Waals surface area contributed by atoms with Gasteiger partial charge in [0.05, 0.1) is 67.8 Å². The van der Waals surface area contributed by atoms with Crippen molar-refractivity contribution in [2.24, 2.45) is 0 Å². The Morgan fingerprint density at radius 1 is 0.166 bits per heavy atom. The first-order chi connectivity index (χ1) is 68.2. The van der Waals surface area contributed by atoms with E-state index in [0.29, 0.717) is 48.5 Å². The van der Waals surface area contributed by atoms with E-state index in [9.17, 15) is 105 Å². The number of ether oxygens (including phenoxy) is 8. The van der Waals surface area contributed by atoms with Gasteiger partial charge in [-0.3, -0.25) is 0 Å². The molecular weight excluding hydrogens is 2010 g/mol. The molecular formula is C104H48F24N8O8Zn. The second-order valence-corrected chi connectivity index (χ2v) is 32.7. The summed E-state index contributed by atoms with van der Waals surface area (Å²) in [5, 5.41) is 0.917. The summed E-state index contributed by atoms with van der Waals surface area (Å²) in [5.74, 6) is -8.05. The Morgan fingerprint density at radius 2 is 0.303 bits per heavy atom. The van der Waals surface area contributed by atoms with Crippen LogP contribution >= 0.6 is 0 Å². The summed E-state index contributed by atoms with van der Waals surface area (Å²) in [6.07, 6.45) is -39.5. The first-order valence-electron chi connectivity index (χ1n) is 42.2. The summed E-state index contributed by atoms with van der Waals surface area (Å²) < 4.78 is 396. The zero-order valence-corrected chi connectivity index (χ0v) is 75.3. The van der Waals surface area contributed by atoms with Crippen molar-refractivity contribution in [2.75, 3.05) is 0 Å². The molecule has 0 saturated heterocycles. The minimum atomic E-state index is -4.94. The molecule has 0 atom stereocenters. The van der Waals surface area contributed by atoms with E-state index >= 15 is 0 Å². The van der Waals surface area contributed by atoms with E-state index in [-0.39, 0.29) is 152 Å². The molecule has 145 heavy (non-hydrogen) atoms. The van der Waals surface area contributed by atoms with Gasteiger partial charge in [-0.15, -0.1) is 0 Å². The SMILES string of the molecule is FC(F)(F)c1cccc(Oc2cc3cc4c(cc3cc2Oc2cccc(C(F)(F)F)c2)-c2nc-4nc3[n-]c(nc4nc(nc5[n-]c(n2)c2cc6cc(Oc7cccc(C(F)(F)F)c7)c(Oc7cccc(C(F)(F)F)c7)cc6cc52)-c2cc5cc(Oc6cccc(C(F)(F)F)c6)c(Oc6cccc(C(F)(F)F)c6)cc5cc2-4)c2cc4cc(Oc5cccc(C(F)(F)F)c5)c(Oc5cccc(C(F)(F)F)c5)cc4cc32)c1.[Zn+2]. The smallest absolute Gasteiger partial charge is 0.453 e. The third kappa shape index (κ3) is 19.6. The van der Waals surface area contributed by atoms with Gasteiger partial charge >= 0.3 is 68.9 Å². The standard InChI is InChI=1S/C104H48F24N8O8.Zn/c105-97(106,107)57-9-1-17-65(41-57)137-81-33-49-25-73-74(26-50(49)34-82(81)138-66-18-2-10-58(42-66)98(108,109)110)90-129-89(73)133-91-75-27-51-35-83(139-67-19-3-11-59(43-67)99(111,112)113)84(140-68-20-4-12-60(44-68)100(114,115)116)36-52(51)28-76(75)93(130-91)135-95-79-31-55-39-87(143-71-23-7-15-63(47-71)103(123,124)125)88(144-72-24-8-16-64(48-72)104(126,127)128)40-56(55)32-80(79)96(132-95)136-94-78-30-54-38-86(142-70-22-6-14-62(46-70)102(120,121)122)85(37-53(54)29-77(78)92(131-94)134-90)141-69-21-5-13-61(45-69)101(117,118)119;/h1-48H;/q-2;+2. The number of rotatable bonds is 16. The van der Waals surface area contributed by atoms with E-state index in [4.69, 9.17) is 77.8 Å². The van der Waals surface area contributed by atoms with E-state index < -0.39 is 186 Å². The molecule has 19 aromatic rings. The largest absolute Gasteiger partial charge is 2.00 e. The minimum absolute atomic E-state index is 0. The number of aromatic nitrogens is 8. The Morgan fingerprint density at radius 3 is 0.441 bits per heavy atom. The molecule has 3 aromatic heterocycles. The molecule has 16 aromatic carbocycles. The Balaban J connectivity index is 0.0000128. The maximum Gasteiger partial charge on any atom is 2.00 e. The summed E-state index contributed by atoms with van der Waals surface area (Å²) in [6.45, 7) is 0. The van der Waals surface area contributed by atoms with Crippen LogP contribution in [-0.4, -0.2) is 29.9 Å². The number of nitrogens with zero attached hydrogens (tertiary/aromatic N) is 8. The summed E-state index contributed by atoms with van der Waals surface area (Å²) in [7, 11) is 0. The summed E-state index contributed by atoms with van der Waals surface area (Å²) in [6, 6.07) is 50.1. The number of alkyl halides is 24. The van der Waals surface area contributed by atoms with Crippen LogP contribution in [0.5, 0.6) is 92.0 Å². The quantitative estimate of drug-likeness (QED) is 0.0658. The summed E-state index contributed by atoms with van der Waals surface area (Å²) in [4.78, 5) is 40.7. The van der Waals surface area contributed by atoms with E-state index in [2.05, 4.69) is 0 Å². The van der Waals surface area contributed by atoms with E-state index in [1.54, 1.807) is 0 Å². The average Bonchev–Trinajstić information content (AvgIpc) is 1.58. The molecule has 0 fully saturated rings. The van der Waals surface area contributed by atoms with Crippen molar-refractivity contribution in [1.82, 2.24) is 39.9 Å². The van der Waals surface area contributed by atoms with Crippen LogP contribution in [-0.2, 0) is 68.9 Å². The van der Waals surface area contributed by atoms with Gasteiger partial charge in [-0.25, -0.2) is 9.97 Å². The van der Waals surface area contributed by atoms with E-state index in [0.717, 1.165) is 146 Å². The summed E-state index contributed by atoms with van der Waals surface area (Å²) in [5.41, 5.74) is -10.6. The molecule has 0 spiro atoms. The van der Waals surface area contributed by atoms with Gasteiger partial charge in [0, 0.05) is 44.8 Å². The third-order valence-electron chi connectivity index (χ3n) is 22.9. The second-order valence-electron chi connectivity index (χ2n) is 32.7. The van der Waals surface area contributed by atoms with Crippen LogP contribution in [0.4, 0.5) is 105 Å². The molecule has 21 rings (SSSR count). The topological polar surface area (TPSA) is 179 Å². The van der Waals surface area contributed by atoms with Crippen LogP contribution in [0.15, 0.2) is 291 Å². The monoisotopic (exact) mass is 2060 g/mol. The molecule has 0 aliphatic carbocycles. The molecule has 0 saturated carbocycles. The van der Waals surface area contributed by atoms with Gasteiger partial charge in [-0.1, -0.05) is 48.5 Å². The minimum Gasteiger partial charge on any atom is -0.453 e. The van der Waals surface area contributed by atoms with Gasteiger partial charge in [0.15, 0.2) is 46.0 Å².